The van der Waals surface area contributed by atoms with Crippen molar-refractivity contribution >= 4 is 18.3 Å². The smallest absolute Gasteiger partial charge is 0.251 e. The van der Waals surface area contributed by atoms with E-state index < -0.39 is 17.5 Å². The van der Waals surface area contributed by atoms with Gasteiger partial charge in [-0.1, -0.05) is 12.7 Å². The standard InChI is InChI=1S/C18H20FN3O2/c1-4-15(12(2)7-8-21-3)14(10-20)11-22-18(24)13-5-6-17(23)16(19)9-13/h4-10,20,23H,1,11H2,2-3H3,(H,22,24)/b12-7-,15-14-,20-10?,21-8?. The summed E-state index contributed by atoms with van der Waals surface area (Å²) in [5.74, 6) is -1.89. The number of phenolic OH excluding ortho intramolecular Hbond substituents is 1. The summed E-state index contributed by atoms with van der Waals surface area (Å²) in [5.41, 5.74) is 2.19. The quantitative estimate of drug-likeness (QED) is 0.530. The van der Waals surface area contributed by atoms with E-state index in [-0.39, 0.29) is 12.1 Å². The van der Waals surface area contributed by atoms with Crippen LogP contribution in [0.15, 0.2) is 58.6 Å². The summed E-state index contributed by atoms with van der Waals surface area (Å²) >= 11 is 0. The number of carbonyl (C=O) groups is 1. The van der Waals surface area contributed by atoms with Crippen LogP contribution in [0, 0.1) is 11.2 Å². The van der Waals surface area contributed by atoms with Gasteiger partial charge in [0, 0.05) is 31.6 Å². The lowest BCUT2D eigenvalue weighted by Crippen LogP contribution is -2.26. The van der Waals surface area contributed by atoms with E-state index in [1.807, 2.05) is 6.92 Å². The van der Waals surface area contributed by atoms with E-state index in [1.165, 1.54) is 6.07 Å². The summed E-state index contributed by atoms with van der Waals surface area (Å²) in [4.78, 5) is 15.9. The Kier molecular flexibility index (Phi) is 7.29. The summed E-state index contributed by atoms with van der Waals surface area (Å²) in [5, 5.41) is 19.3. The van der Waals surface area contributed by atoms with Crippen molar-refractivity contribution in [2.75, 3.05) is 13.6 Å². The number of halogens is 1. The maximum Gasteiger partial charge on any atom is 0.251 e. The van der Waals surface area contributed by atoms with Gasteiger partial charge in [0.05, 0.1) is 0 Å². The van der Waals surface area contributed by atoms with Crippen molar-refractivity contribution in [2.45, 2.75) is 6.92 Å². The summed E-state index contributed by atoms with van der Waals surface area (Å²) in [7, 11) is 1.65. The Hall–Kier alpha value is -3.02. The van der Waals surface area contributed by atoms with Gasteiger partial charge < -0.3 is 15.8 Å². The number of phenols is 1. The molecule has 1 amide bonds. The number of allylic oxidation sites excluding steroid dienone is 4. The van der Waals surface area contributed by atoms with Crippen LogP contribution in [0.5, 0.6) is 5.75 Å². The summed E-state index contributed by atoms with van der Waals surface area (Å²) in [6.45, 7) is 5.66. The average molecular weight is 329 g/mol. The SMILES string of the molecule is C=CC(/C(C)=C\C=NC)=C(\C=N)CNC(=O)c1ccc(O)c(F)c1. The summed E-state index contributed by atoms with van der Waals surface area (Å²) in [6, 6.07) is 3.39. The maximum atomic E-state index is 13.3. The lowest BCUT2D eigenvalue weighted by Gasteiger charge is -2.11. The number of nitrogens with one attached hydrogen (secondary N) is 2. The maximum absolute atomic E-state index is 13.3. The number of hydrogen-bond acceptors (Lipinski definition) is 4. The molecule has 1 rings (SSSR count). The molecule has 0 aromatic heterocycles. The average Bonchev–Trinajstić information content (AvgIpc) is 2.58. The van der Waals surface area contributed by atoms with Gasteiger partial charge in [0.15, 0.2) is 11.6 Å². The molecule has 0 fully saturated rings. The Balaban J connectivity index is 2.96. The van der Waals surface area contributed by atoms with Crippen LogP contribution in [0.2, 0.25) is 0 Å². The molecule has 0 spiro atoms. The van der Waals surface area contributed by atoms with Crippen LogP contribution in [-0.2, 0) is 0 Å². The van der Waals surface area contributed by atoms with E-state index in [4.69, 9.17) is 10.5 Å². The Labute approximate surface area is 140 Å². The highest BCUT2D eigenvalue weighted by Gasteiger charge is 2.11. The zero-order chi connectivity index (χ0) is 18.1. The first-order valence-corrected chi connectivity index (χ1v) is 7.16. The zero-order valence-electron chi connectivity index (χ0n) is 13.6. The first-order chi connectivity index (χ1) is 11.4. The molecule has 0 atom stereocenters. The monoisotopic (exact) mass is 329 g/mol. The molecule has 0 aliphatic carbocycles. The number of nitrogens with zero attached hydrogens (tertiary/aromatic N) is 1. The van der Waals surface area contributed by atoms with Crippen LogP contribution >= 0.6 is 0 Å². The molecule has 0 unspecified atom stereocenters. The third-order valence-electron chi connectivity index (χ3n) is 3.27. The van der Waals surface area contributed by atoms with Crippen LogP contribution in [0.1, 0.15) is 17.3 Å². The summed E-state index contributed by atoms with van der Waals surface area (Å²) in [6.07, 6.45) is 6.13. The lowest BCUT2D eigenvalue weighted by molar-refractivity contribution is 0.0957. The predicted molar refractivity (Wildman–Crippen MR) is 94.6 cm³/mol. The first-order valence-electron chi connectivity index (χ1n) is 7.16. The Morgan fingerprint density at radius 1 is 1.50 bits per heavy atom. The largest absolute Gasteiger partial charge is 0.505 e. The van der Waals surface area contributed by atoms with Gasteiger partial charge in [0.25, 0.3) is 5.91 Å². The Bertz CT molecular complexity index is 734. The van der Waals surface area contributed by atoms with Crippen LogP contribution in [0.3, 0.4) is 0 Å². The van der Waals surface area contributed by atoms with E-state index in [9.17, 15) is 9.18 Å². The minimum absolute atomic E-state index is 0.0835. The molecule has 0 radical (unpaired) electrons. The molecule has 0 aliphatic rings. The van der Waals surface area contributed by atoms with E-state index in [2.05, 4.69) is 16.9 Å². The number of hydrogen-bond donors (Lipinski definition) is 3. The molecule has 1 aromatic rings. The van der Waals surface area contributed by atoms with Gasteiger partial charge in [-0.25, -0.2) is 4.39 Å². The van der Waals surface area contributed by atoms with Gasteiger partial charge in [-0.2, -0.15) is 0 Å². The van der Waals surface area contributed by atoms with E-state index in [1.54, 1.807) is 25.4 Å². The molecule has 0 bridgehead atoms. The Morgan fingerprint density at radius 2 is 2.21 bits per heavy atom. The molecule has 0 saturated heterocycles. The topological polar surface area (TPSA) is 85.5 Å². The first kappa shape index (κ1) is 19.0. The minimum Gasteiger partial charge on any atom is -0.505 e. The van der Waals surface area contributed by atoms with Crippen molar-refractivity contribution in [2.24, 2.45) is 4.99 Å². The van der Waals surface area contributed by atoms with E-state index in [0.29, 0.717) is 11.1 Å². The van der Waals surface area contributed by atoms with Crippen LogP contribution in [-0.4, -0.2) is 37.0 Å². The molecule has 5 nitrogen and oxygen atoms in total. The van der Waals surface area contributed by atoms with Gasteiger partial charge in [0.1, 0.15) is 0 Å². The number of carbonyl (C=O) groups excluding carboxylic acids is 1. The van der Waals surface area contributed by atoms with Gasteiger partial charge in [-0.05, 0) is 47.9 Å². The van der Waals surface area contributed by atoms with Crippen LogP contribution < -0.4 is 5.32 Å². The van der Waals surface area contributed by atoms with E-state index in [0.717, 1.165) is 23.9 Å². The van der Waals surface area contributed by atoms with Gasteiger partial charge in [-0.3, -0.25) is 9.79 Å². The predicted octanol–water partition coefficient (Wildman–Crippen LogP) is 3.04. The molecule has 1 aromatic carbocycles. The zero-order valence-corrected chi connectivity index (χ0v) is 13.6. The van der Waals surface area contributed by atoms with Crippen molar-refractivity contribution in [3.63, 3.8) is 0 Å². The van der Waals surface area contributed by atoms with Crippen molar-refractivity contribution in [3.05, 3.63) is 65.0 Å². The number of amides is 1. The number of aromatic hydroxyl groups is 1. The minimum atomic E-state index is -0.866. The molecule has 0 aliphatic heterocycles. The third kappa shape index (κ3) is 5.01. The second-order valence-corrected chi connectivity index (χ2v) is 4.89. The highest BCUT2D eigenvalue weighted by Crippen LogP contribution is 2.17. The van der Waals surface area contributed by atoms with Crippen LogP contribution in [0.25, 0.3) is 0 Å². The molecular formula is C18H20FN3O2. The lowest BCUT2D eigenvalue weighted by atomic mass is 10.0. The van der Waals surface area contributed by atoms with Crippen molar-refractivity contribution in [1.82, 2.24) is 5.32 Å². The van der Waals surface area contributed by atoms with Crippen molar-refractivity contribution in [1.29, 1.82) is 5.41 Å². The molecule has 3 N–H and O–H groups in total. The highest BCUT2D eigenvalue weighted by atomic mass is 19.1. The van der Waals surface area contributed by atoms with Gasteiger partial charge in [-0.15, -0.1) is 0 Å². The number of aliphatic imine (C=N–C) groups is 1. The van der Waals surface area contributed by atoms with E-state index >= 15 is 0 Å². The van der Waals surface area contributed by atoms with Gasteiger partial charge >= 0.3 is 0 Å². The number of rotatable bonds is 7. The fraction of sp³-hybridized carbons (Fsp3) is 0.167. The van der Waals surface area contributed by atoms with Crippen LogP contribution in [0.4, 0.5) is 4.39 Å². The number of benzene rings is 1. The molecule has 0 saturated carbocycles. The molecule has 6 heteroatoms. The second-order valence-electron chi connectivity index (χ2n) is 4.89. The molecule has 24 heavy (non-hydrogen) atoms. The van der Waals surface area contributed by atoms with Crippen molar-refractivity contribution in [3.8, 4) is 5.75 Å². The molecule has 126 valence electrons. The Morgan fingerprint density at radius 3 is 2.75 bits per heavy atom. The fourth-order valence-electron chi connectivity index (χ4n) is 1.97. The third-order valence-corrected chi connectivity index (χ3v) is 3.27. The fourth-order valence-corrected chi connectivity index (χ4v) is 1.97. The summed E-state index contributed by atoms with van der Waals surface area (Å²) < 4.78 is 13.3. The second kappa shape index (κ2) is 9.19. The molecule has 0 heterocycles. The van der Waals surface area contributed by atoms with Crippen molar-refractivity contribution < 1.29 is 14.3 Å². The molecular weight excluding hydrogens is 309 g/mol. The highest BCUT2D eigenvalue weighted by molar-refractivity contribution is 5.95. The van der Waals surface area contributed by atoms with Gasteiger partial charge in [0.2, 0.25) is 0 Å². The normalized spacial score (nSPS) is 12.7.